The number of aromatic nitrogens is 4. The standard InChI is InChI=1S/C18H22F3N5O2/c1-10-5-25-13(3-15(23-25)24-6-11-8-28-9-12(11)7-24)14-4-22-16(26(10)14)17(2,27)18(19,20)21/h3-4,10-12,27H,5-9H2,1-2H3/t10-,11-,12+,17+/m0/s1. The van der Waals surface area contributed by atoms with E-state index in [0.29, 0.717) is 24.1 Å². The number of anilines is 1. The lowest BCUT2D eigenvalue weighted by Gasteiger charge is -2.31. The molecule has 0 radical (unpaired) electrons. The van der Waals surface area contributed by atoms with E-state index >= 15 is 0 Å². The third-order valence-corrected chi connectivity index (χ3v) is 6.26. The molecule has 2 aromatic rings. The van der Waals surface area contributed by atoms with Gasteiger partial charge in [0.1, 0.15) is 0 Å². The minimum Gasteiger partial charge on any atom is -0.381 e. The molecule has 2 saturated heterocycles. The molecule has 10 heteroatoms. The number of ether oxygens (including phenoxy) is 1. The number of aliphatic hydroxyl groups is 1. The lowest BCUT2D eigenvalue weighted by molar-refractivity contribution is -0.262. The van der Waals surface area contributed by atoms with Crippen LogP contribution < -0.4 is 4.90 Å². The van der Waals surface area contributed by atoms with E-state index < -0.39 is 11.8 Å². The lowest BCUT2D eigenvalue weighted by atomic mass is 10.0. The maximum atomic E-state index is 13.4. The van der Waals surface area contributed by atoms with Crippen LogP contribution in [0.25, 0.3) is 11.4 Å². The minimum atomic E-state index is -4.81. The van der Waals surface area contributed by atoms with Crippen molar-refractivity contribution in [3.05, 3.63) is 18.1 Å². The molecule has 0 aliphatic carbocycles. The molecule has 5 heterocycles. The van der Waals surface area contributed by atoms with Gasteiger partial charge in [-0.1, -0.05) is 0 Å². The van der Waals surface area contributed by atoms with Gasteiger partial charge in [0.25, 0.3) is 0 Å². The highest BCUT2D eigenvalue weighted by molar-refractivity contribution is 5.62. The highest BCUT2D eigenvalue weighted by atomic mass is 19.4. The first kappa shape index (κ1) is 18.0. The summed E-state index contributed by atoms with van der Waals surface area (Å²) in [5, 5.41) is 14.9. The van der Waals surface area contributed by atoms with E-state index in [1.165, 1.54) is 10.8 Å². The number of hydrogen-bond donors (Lipinski definition) is 1. The van der Waals surface area contributed by atoms with Crippen molar-refractivity contribution in [2.75, 3.05) is 31.2 Å². The predicted octanol–water partition coefficient (Wildman–Crippen LogP) is 2.17. The minimum absolute atomic E-state index is 0.312. The summed E-state index contributed by atoms with van der Waals surface area (Å²) >= 11 is 0. The summed E-state index contributed by atoms with van der Waals surface area (Å²) in [7, 11) is 0. The quantitative estimate of drug-likeness (QED) is 0.841. The highest BCUT2D eigenvalue weighted by Crippen LogP contribution is 2.43. The molecule has 4 atom stereocenters. The summed E-state index contributed by atoms with van der Waals surface area (Å²) in [4.78, 5) is 6.18. The summed E-state index contributed by atoms with van der Waals surface area (Å²) < 4.78 is 49.0. The van der Waals surface area contributed by atoms with Crippen molar-refractivity contribution >= 4 is 5.82 Å². The zero-order valence-electron chi connectivity index (χ0n) is 15.6. The summed E-state index contributed by atoms with van der Waals surface area (Å²) in [5.74, 6) is 1.47. The average Bonchev–Trinajstić information content (AvgIpc) is 3.34. The number of imidazole rings is 1. The van der Waals surface area contributed by atoms with Crippen molar-refractivity contribution in [1.29, 1.82) is 0 Å². The van der Waals surface area contributed by atoms with Crippen LogP contribution in [0.1, 0.15) is 25.7 Å². The van der Waals surface area contributed by atoms with Crippen LogP contribution in [0.4, 0.5) is 19.0 Å². The molecule has 28 heavy (non-hydrogen) atoms. The van der Waals surface area contributed by atoms with Gasteiger partial charge in [-0.3, -0.25) is 4.68 Å². The third kappa shape index (κ3) is 2.43. The Balaban J connectivity index is 1.52. The smallest absolute Gasteiger partial charge is 0.381 e. The third-order valence-electron chi connectivity index (χ3n) is 6.26. The van der Waals surface area contributed by atoms with Crippen LogP contribution in [0, 0.1) is 11.8 Å². The summed E-state index contributed by atoms with van der Waals surface area (Å²) in [6, 6.07) is 1.60. The Bertz CT molecular complexity index is 907. The van der Waals surface area contributed by atoms with Gasteiger partial charge >= 0.3 is 6.18 Å². The van der Waals surface area contributed by atoms with Crippen molar-refractivity contribution in [2.45, 2.75) is 38.2 Å². The fourth-order valence-electron chi connectivity index (χ4n) is 4.59. The number of nitrogens with zero attached hydrogens (tertiary/aromatic N) is 5. The van der Waals surface area contributed by atoms with Crippen molar-refractivity contribution in [1.82, 2.24) is 19.3 Å². The number of hydrogen-bond acceptors (Lipinski definition) is 5. The van der Waals surface area contributed by atoms with Crippen molar-refractivity contribution in [2.24, 2.45) is 11.8 Å². The van der Waals surface area contributed by atoms with E-state index in [9.17, 15) is 18.3 Å². The summed E-state index contributed by atoms with van der Waals surface area (Å²) in [6.07, 6.45) is -3.41. The SMILES string of the molecule is C[C@H]1Cn2nc(N3C[C@H]4COC[C@H]4C3)cc2-c2cnc([C@@](C)(O)C(F)(F)F)n21. The molecule has 2 fully saturated rings. The van der Waals surface area contributed by atoms with Crippen LogP contribution in [-0.4, -0.2) is 56.9 Å². The first-order chi connectivity index (χ1) is 13.2. The van der Waals surface area contributed by atoms with Gasteiger partial charge in [-0.25, -0.2) is 4.98 Å². The van der Waals surface area contributed by atoms with Crippen LogP contribution in [-0.2, 0) is 16.9 Å². The second-order valence-electron chi connectivity index (χ2n) is 8.29. The molecule has 3 aliphatic heterocycles. The van der Waals surface area contributed by atoms with Crippen molar-refractivity contribution in [3.8, 4) is 11.4 Å². The highest BCUT2D eigenvalue weighted by Gasteiger charge is 2.55. The second kappa shape index (κ2) is 5.73. The molecule has 0 spiro atoms. The average molecular weight is 397 g/mol. The monoisotopic (exact) mass is 397 g/mol. The zero-order valence-corrected chi connectivity index (χ0v) is 15.6. The van der Waals surface area contributed by atoms with Gasteiger partial charge in [0, 0.05) is 31.0 Å². The summed E-state index contributed by atoms with van der Waals surface area (Å²) in [6.45, 7) is 6.28. The first-order valence-corrected chi connectivity index (χ1v) is 9.44. The Kier molecular flexibility index (Phi) is 3.68. The Morgan fingerprint density at radius 3 is 2.46 bits per heavy atom. The van der Waals surface area contributed by atoms with Crippen molar-refractivity contribution in [3.63, 3.8) is 0 Å². The number of halogens is 3. The molecule has 0 aromatic carbocycles. The fourth-order valence-corrected chi connectivity index (χ4v) is 4.59. The van der Waals surface area contributed by atoms with E-state index in [1.807, 2.05) is 17.7 Å². The maximum Gasteiger partial charge on any atom is 0.424 e. The molecule has 5 rings (SSSR count). The molecule has 2 aromatic heterocycles. The zero-order chi connectivity index (χ0) is 19.8. The van der Waals surface area contributed by atoms with Gasteiger partial charge < -0.3 is 19.3 Å². The maximum absolute atomic E-state index is 13.4. The number of fused-ring (bicyclic) bond motifs is 4. The molecule has 3 aliphatic rings. The molecule has 1 N–H and O–H groups in total. The molecular formula is C18H22F3N5O2. The molecule has 0 amide bonds. The van der Waals surface area contributed by atoms with E-state index in [1.54, 1.807) is 0 Å². The second-order valence-corrected chi connectivity index (χ2v) is 8.29. The molecule has 0 saturated carbocycles. The Hall–Kier alpha value is -2.07. The topological polar surface area (TPSA) is 68.3 Å². The number of rotatable bonds is 2. The van der Waals surface area contributed by atoms with E-state index in [2.05, 4.69) is 9.88 Å². The van der Waals surface area contributed by atoms with Gasteiger partial charge in [-0.05, 0) is 13.8 Å². The van der Waals surface area contributed by atoms with Crippen LogP contribution >= 0.6 is 0 Å². The van der Waals surface area contributed by atoms with Gasteiger partial charge in [0.15, 0.2) is 11.6 Å². The van der Waals surface area contributed by atoms with Crippen LogP contribution in [0.3, 0.4) is 0 Å². The summed E-state index contributed by atoms with van der Waals surface area (Å²) in [5.41, 5.74) is -1.76. The molecule has 7 nitrogen and oxygen atoms in total. The van der Waals surface area contributed by atoms with Gasteiger partial charge in [0.05, 0.1) is 43.4 Å². The Labute approximate surface area is 159 Å². The predicted molar refractivity (Wildman–Crippen MR) is 93.8 cm³/mol. The lowest BCUT2D eigenvalue weighted by Crippen LogP contribution is -2.42. The molecular weight excluding hydrogens is 375 g/mol. The molecule has 0 bridgehead atoms. The Morgan fingerprint density at radius 1 is 1.14 bits per heavy atom. The molecule has 152 valence electrons. The van der Waals surface area contributed by atoms with Gasteiger partial charge in [0.2, 0.25) is 5.60 Å². The Morgan fingerprint density at radius 2 is 1.82 bits per heavy atom. The van der Waals surface area contributed by atoms with Crippen LogP contribution in [0.15, 0.2) is 12.3 Å². The van der Waals surface area contributed by atoms with E-state index in [4.69, 9.17) is 9.84 Å². The van der Waals surface area contributed by atoms with Crippen LogP contribution in [0.5, 0.6) is 0 Å². The van der Waals surface area contributed by atoms with Crippen molar-refractivity contribution < 1.29 is 23.0 Å². The van der Waals surface area contributed by atoms with Gasteiger partial charge in [-0.15, -0.1) is 0 Å². The first-order valence-electron chi connectivity index (χ1n) is 9.44. The van der Waals surface area contributed by atoms with Gasteiger partial charge in [-0.2, -0.15) is 18.3 Å². The normalized spacial score (nSPS) is 28.8. The number of alkyl halides is 3. The largest absolute Gasteiger partial charge is 0.424 e. The van der Waals surface area contributed by atoms with E-state index in [-0.39, 0.29) is 11.9 Å². The molecule has 0 unspecified atom stereocenters. The van der Waals surface area contributed by atoms with Crippen LogP contribution in [0.2, 0.25) is 0 Å². The fraction of sp³-hybridized carbons (Fsp3) is 0.667. The van der Waals surface area contributed by atoms with E-state index in [0.717, 1.165) is 44.7 Å².